The molecule has 0 unspecified atom stereocenters. The number of piperidine rings is 1. The van der Waals surface area contributed by atoms with E-state index in [2.05, 4.69) is 17.0 Å². The van der Waals surface area contributed by atoms with E-state index >= 15 is 0 Å². The molecule has 0 N–H and O–H groups in total. The summed E-state index contributed by atoms with van der Waals surface area (Å²) in [6, 6.07) is 10.4. The summed E-state index contributed by atoms with van der Waals surface area (Å²) >= 11 is 0. The number of nitrogens with zero attached hydrogens (tertiary/aromatic N) is 1. The van der Waals surface area contributed by atoms with E-state index in [-0.39, 0.29) is 6.04 Å². The highest BCUT2D eigenvalue weighted by molar-refractivity contribution is 5.84. The first-order chi connectivity index (χ1) is 7.27. The number of rotatable bonds is 2. The molecule has 1 aliphatic rings. The first-order valence-electron chi connectivity index (χ1n) is 5.58. The molecule has 80 valence electrons. The smallest absolute Gasteiger partial charge is 0.149 e. The molecule has 2 rings (SSSR count). The lowest BCUT2D eigenvalue weighted by atomic mass is 10.0. The van der Waals surface area contributed by atoms with E-state index in [1.54, 1.807) is 0 Å². The molecular weight excluding hydrogens is 186 g/mol. The van der Waals surface area contributed by atoms with Gasteiger partial charge in [0.25, 0.3) is 0 Å². The molecule has 0 amide bonds. The Morgan fingerprint density at radius 1 is 1.33 bits per heavy atom. The average molecular weight is 203 g/mol. The van der Waals surface area contributed by atoms with Crippen molar-refractivity contribution >= 4 is 5.78 Å². The van der Waals surface area contributed by atoms with Crippen LogP contribution in [0.2, 0.25) is 0 Å². The second kappa shape index (κ2) is 4.58. The SMILES string of the molecule is C[C@H]1C(=O)CCCN1Cc1ccccc1. The van der Waals surface area contributed by atoms with E-state index in [4.69, 9.17) is 0 Å². The second-order valence-electron chi connectivity index (χ2n) is 4.20. The molecule has 1 aliphatic heterocycles. The Morgan fingerprint density at radius 2 is 2.07 bits per heavy atom. The highest BCUT2D eigenvalue weighted by Gasteiger charge is 2.24. The summed E-state index contributed by atoms with van der Waals surface area (Å²) in [7, 11) is 0. The van der Waals surface area contributed by atoms with Gasteiger partial charge in [-0.25, -0.2) is 0 Å². The second-order valence-corrected chi connectivity index (χ2v) is 4.20. The third-order valence-corrected chi connectivity index (χ3v) is 3.11. The maximum absolute atomic E-state index is 11.6. The Labute approximate surface area is 90.9 Å². The number of Topliss-reactive ketones (excluding diaryl/α,β-unsaturated/α-hetero) is 1. The third-order valence-electron chi connectivity index (χ3n) is 3.11. The molecule has 0 spiro atoms. The zero-order valence-corrected chi connectivity index (χ0v) is 9.15. The molecule has 0 aromatic heterocycles. The molecule has 1 aromatic carbocycles. The Morgan fingerprint density at radius 3 is 2.80 bits per heavy atom. The van der Waals surface area contributed by atoms with Crippen LogP contribution in [0.3, 0.4) is 0 Å². The van der Waals surface area contributed by atoms with E-state index in [1.807, 2.05) is 25.1 Å². The van der Waals surface area contributed by atoms with Crippen molar-refractivity contribution in [2.45, 2.75) is 32.4 Å². The number of carbonyl (C=O) groups excluding carboxylic acids is 1. The van der Waals surface area contributed by atoms with Crippen LogP contribution in [0, 0.1) is 0 Å². The summed E-state index contributed by atoms with van der Waals surface area (Å²) in [6.45, 7) is 3.96. The first kappa shape index (κ1) is 10.4. The van der Waals surface area contributed by atoms with Gasteiger partial charge in [-0.05, 0) is 25.5 Å². The number of likely N-dealkylation sites (tertiary alicyclic amines) is 1. The molecule has 0 saturated carbocycles. The summed E-state index contributed by atoms with van der Waals surface area (Å²) < 4.78 is 0. The monoisotopic (exact) mass is 203 g/mol. The average Bonchev–Trinajstić information content (AvgIpc) is 2.26. The predicted octanol–water partition coefficient (Wildman–Crippen LogP) is 2.24. The number of hydrogen-bond acceptors (Lipinski definition) is 2. The number of benzene rings is 1. The highest BCUT2D eigenvalue weighted by Crippen LogP contribution is 2.16. The lowest BCUT2D eigenvalue weighted by molar-refractivity contribution is -0.126. The minimum atomic E-state index is 0.0963. The van der Waals surface area contributed by atoms with Gasteiger partial charge in [-0.3, -0.25) is 9.69 Å². The largest absolute Gasteiger partial charge is 0.298 e. The summed E-state index contributed by atoms with van der Waals surface area (Å²) in [5.74, 6) is 0.386. The van der Waals surface area contributed by atoms with Crippen LogP contribution in [-0.4, -0.2) is 23.3 Å². The zero-order valence-electron chi connectivity index (χ0n) is 9.15. The van der Waals surface area contributed by atoms with Crippen molar-refractivity contribution in [2.24, 2.45) is 0 Å². The van der Waals surface area contributed by atoms with E-state index < -0.39 is 0 Å². The molecule has 0 aliphatic carbocycles. The molecule has 2 heteroatoms. The summed E-state index contributed by atoms with van der Waals surface area (Å²) in [6.07, 6.45) is 1.77. The normalized spacial score (nSPS) is 23.0. The topological polar surface area (TPSA) is 20.3 Å². The van der Waals surface area contributed by atoms with Crippen molar-refractivity contribution in [2.75, 3.05) is 6.54 Å². The fourth-order valence-corrected chi connectivity index (χ4v) is 2.10. The van der Waals surface area contributed by atoms with Crippen LogP contribution in [-0.2, 0) is 11.3 Å². The molecule has 1 fully saturated rings. The van der Waals surface area contributed by atoms with Crippen molar-refractivity contribution in [1.82, 2.24) is 4.90 Å². The summed E-state index contributed by atoms with van der Waals surface area (Å²) in [4.78, 5) is 13.8. The minimum Gasteiger partial charge on any atom is -0.298 e. The molecule has 1 saturated heterocycles. The molecule has 15 heavy (non-hydrogen) atoms. The predicted molar refractivity (Wildman–Crippen MR) is 60.6 cm³/mol. The molecule has 0 bridgehead atoms. The Bertz CT molecular complexity index is 334. The van der Waals surface area contributed by atoms with Gasteiger partial charge in [0.2, 0.25) is 0 Å². The molecule has 1 aromatic rings. The van der Waals surface area contributed by atoms with Gasteiger partial charge >= 0.3 is 0 Å². The third kappa shape index (κ3) is 2.45. The number of carbonyl (C=O) groups is 1. The Hall–Kier alpha value is -1.15. The van der Waals surface area contributed by atoms with Crippen molar-refractivity contribution in [1.29, 1.82) is 0 Å². The molecule has 2 nitrogen and oxygen atoms in total. The molecular formula is C13H17NO. The van der Waals surface area contributed by atoms with Crippen molar-refractivity contribution in [3.05, 3.63) is 35.9 Å². The van der Waals surface area contributed by atoms with Crippen molar-refractivity contribution < 1.29 is 4.79 Å². The maximum atomic E-state index is 11.6. The van der Waals surface area contributed by atoms with Crippen molar-refractivity contribution in [3.8, 4) is 0 Å². The number of hydrogen-bond donors (Lipinski definition) is 0. The zero-order chi connectivity index (χ0) is 10.7. The van der Waals surface area contributed by atoms with Crippen LogP contribution >= 0.6 is 0 Å². The van der Waals surface area contributed by atoms with Gasteiger partial charge in [-0.1, -0.05) is 30.3 Å². The van der Waals surface area contributed by atoms with E-state index in [0.29, 0.717) is 5.78 Å². The van der Waals surface area contributed by atoms with Gasteiger partial charge in [0.1, 0.15) is 5.78 Å². The maximum Gasteiger partial charge on any atom is 0.149 e. The van der Waals surface area contributed by atoms with Crippen LogP contribution in [0.25, 0.3) is 0 Å². The summed E-state index contributed by atoms with van der Waals surface area (Å²) in [5, 5.41) is 0. The lowest BCUT2D eigenvalue weighted by Gasteiger charge is -2.32. The standard InChI is InChI=1S/C13H17NO/c1-11-13(15)8-5-9-14(11)10-12-6-3-2-4-7-12/h2-4,6-7,11H,5,8-10H2,1H3/t11-/m0/s1. The fourth-order valence-electron chi connectivity index (χ4n) is 2.10. The van der Waals surface area contributed by atoms with Gasteiger partial charge in [0, 0.05) is 13.0 Å². The molecule has 1 atom stereocenters. The van der Waals surface area contributed by atoms with Crippen LogP contribution in [0.4, 0.5) is 0 Å². The van der Waals surface area contributed by atoms with Gasteiger partial charge in [0.15, 0.2) is 0 Å². The van der Waals surface area contributed by atoms with E-state index in [9.17, 15) is 4.79 Å². The van der Waals surface area contributed by atoms with E-state index in [1.165, 1.54) is 5.56 Å². The Balaban J connectivity index is 2.02. The van der Waals surface area contributed by atoms with Crippen LogP contribution in [0.1, 0.15) is 25.3 Å². The lowest BCUT2D eigenvalue weighted by Crippen LogP contribution is -2.43. The minimum absolute atomic E-state index is 0.0963. The molecule has 0 radical (unpaired) electrons. The Kier molecular flexibility index (Phi) is 3.17. The quantitative estimate of drug-likeness (QED) is 0.734. The van der Waals surface area contributed by atoms with Crippen LogP contribution in [0.5, 0.6) is 0 Å². The summed E-state index contributed by atoms with van der Waals surface area (Å²) in [5.41, 5.74) is 1.29. The number of ketones is 1. The highest BCUT2D eigenvalue weighted by atomic mass is 16.1. The van der Waals surface area contributed by atoms with Gasteiger partial charge in [-0.2, -0.15) is 0 Å². The van der Waals surface area contributed by atoms with Gasteiger partial charge in [-0.15, -0.1) is 0 Å². The van der Waals surface area contributed by atoms with Gasteiger partial charge < -0.3 is 0 Å². The first-order valence-corrected chi connectivity index (χ1v) is 5.58. The van der Waals surface area contributed by atoms with Crippen LogP contribution < -0.4 is 0 Å². The fraction of sp³-hybridized carbons (Fsp3) is 0.462. The van der Waals surface area contributed by atoms with Crippen LogP contribution in [0.15, 0.2) is 30.3 Å². The van der Waals surface area contributed by atoms with Gasteiger partial charge in [0.05, 0.1) is 6.04 Å². The van der Waals surface area contributed by atoms with E-state index in [0.717, 1.165) is 25.9 Å². The molecule has 1 heterocycles. The van der Waals surface area contributed by atoms with Crippen molar-refractivity contribution in [3.63, 3.8) is 0 Å².